The zero-order valence-electron chi connectivity index (χ0n) is 23.4. The van der Waals surface area contributed by atoms with Gasteiger partial charge in [-0.05, 0) is 80.2 Å². The van der Waals surface area contributed by atoms with Crippen LogP contribution in [-0.4, -0.2) is 35.8 Å². The number of halogens is 1. The number of nitrogens with one attached hydrogen (secondary N) is 1. The summed E-state index contributed by atoms with van der Waals surface area (Å²) in [7, 11) is -1.92. The van der Waals surface area contributed by atoms with E-state index >= 15 is 0 Å². The third-order valence-electron chi connectivity index (χ3n) is 6.85. The Morgan fingerprint density at radius 1 is 1.19 bits per heavy atom. The fraction of sp³-hybridized carbons (Fsp3) is 0.536. The number of hydrogen-bond donors (Lipinski definition) is 1. The molecule has 1 aliphatic rings. The Labute approximate surface area is 236 Å². The molecular weight excluding hydrogens is 540 g/mol. The number of hydrogen-bond acceptors (Lipinski definition) is 6. The Morgan fingerprint density at radius 3 is 2.54 bits per heavy atom. The van der Waals surface area contributed by atoms with Crippen molar-refractivity contribution in [3.63, 3.8) is 0 Å². The van der Waals surface area contributed by atoms with Crippen LogP contribution in [0.2, 0.25) is 23.2 Å². The lowest BCUT2D eigenvalue weighted by atomic mass is 9.99. The first-order chi connectivity index (χ1) is 17.2. The van der Waals surface area contributed by atoms with Crippen molar-refractivity contribution in [3.8, 4) is 0 Å². The highest BCUT2D eigenvalue weighted by Gasteiger charge is 2.37. The third kappa shape index (κ3) is 8.32. The van der Waals surface area contributed by atoms with Crippen LogP contribution in [0.1, 0.15) is 64.7 Å². The van der Waals surface area contributed by atoms with Gasteiger partial charge < -0.3 is 13.7 Å². The molecule has 1 aromatic heterocycles. The molecule has 0 saturated carbocycles. The molecule has 0 bridgehead atoms. The number of ether oxygens (including phenoxy) is 1. The van der Waals surface area contributed by atoms with Crippen LogP contribution < -0.4 is 4.72 Å². The Morgan fingerprint density at radius 2 is 1.92 bits per heavy atom. The molecule has 0 fully saturated rings. The average Bonchev–Trinajstić information content (AvgIpc) is 2.82. The van der Waals surface area contributed by atoms with E-state index in [0.29, 0.717) is 31.4 Å². The molecule has 0 saturated heterocycles. The summed E-state index contributed by atoms with van der Waals surface area (Å²) in [6.07, 6.45) is 4.76. The van der Waals surface area contributed by atoms with E-state index < -0.39 is 19.7 Å². The van der Waals surface area contributed by atoms with Crippen LogP contribution in [0, 0.1) is 0 Å². The molecule has 9 heteroatoms. The standard InChI is InChI=1S/C28H41ClN2O3S2Si/c1-27(2,3)36(32)31-18-23-16-22(20-11-14-33-15-12-20)17-24(29)25(23)35-26-21(10-9-13-30-26)19-34-37(7,8)28(4,5)6/h9-11,13,16-17,31H,12,14-15,18-19H2,1-8H3. The molecule has 0 aliphatic carbocycles. The molecule has 5 nitrogen and oxygen atoms in total. The summed E-state index contributed by atoms with van der Waals surface area (Å²) < 4.78 is 27.7. The van der Waals surface area contributed by atoms with E-state index in [2.05, 4.69) is 56.8 Å². The van der Waals surface area contributed by atoms with Gasteiger partial charge >= 0.3 is 0 Å². The van der Waals surface area contributed by atoms with Crippen LogP contribution in [0.5, 0.6) is 0 Å². The van der Waals surface area contributed by atoms with Crippen molar-refractivity contribution in [2.24, 2.45) is 0 Å². The molecular formula is C28H41ClN2O3S2Si. The smallest absolute Gasteiger partial charge is 0.192 e. The van der Waals surface area contributed by atoms with Gasteiger partial charge in [-0.1, -0.05) is 56.3 Å². The van der Waals surface area contributed by atoms with Crippen molar-refractivity contribution < 1.29 is 13.7 Å². The zero-order valence-corrected chi connectivity index (χ0v) is 26.8. The average molecular weight is 581 g/mol. The van der Waals surface area contributed by atoms with Gasteiger partial charge in [-0.2, -0.15) is 0 Å². The second kappa shape index (κ2) is 12.6. The van der Waals surface area contributed by atoms with Crippen molar-refractivity contribution in [2.45, 2.75) is 93.9 Å². The first-order valence-electron chi connectivity index (χ1n) is 12.7. The summed E-state index contributed by atoms with van der Waals surface area (Å²) in [5.74, 6) is 0. The predicted molar refractivity (Wildman–Crippen MR) is 160 cm³/mol. The number of pyridine rings is 1. The molecule has 1 aliphatic heterocycles. The largest absolute Gasteiger partial charge is 0.598 e. The molecule has 2 heterocycles. The van der Waals surface area contributed by atoms with Crippen LogP contribution in [0.4, 0.5) is 0 Å². The second-order valence-electron chi connectivity index (χ2n) is 11.8. The van der Waals surface area contributed by atoms with Gasteiger partial charge in [0.2, 0.25) is 0 Å². The first-order valence-corrected chi connectivity index (χ1v) is 17.9. The van der Waals surface area contributed by atoms with E-state index in [9.17, 15) is 4.55 Å². The summed E-state index contributed by atoms with van der Waals surface area (Å²) in [5.41, 5.74) is 4.35. The quantitative estimate of drug-likeness (QED) is 0.241. The van der Waals surface area contributed by atoms with Crippen molar-refractivity contribution >= 4 is 48.6 Å². The summed E-state index contributed by atoms with van der Waals surface area (Å²) in [4.78, 5) is 5.62. The van der Waals surface area contributed by atoms with E-state index in [0.717, 1.165) is 33.0 Å². The fourth-order valence-corrected chi connectivity index (χ4v) is 6.43. The van der Waals surface area contributed by atoms with Crippen LogP contribution in [0.25, 0.3) is 5.57 Å². The molecule has 1 atom stereocenters. The van der Waals surface area contributed by atoms with Gasteiger partial charge in [0.15, 0.2) is 8.32 Å². The van der Waals surface area contributed by atoms with Gasteiger partial charge in [0.25, 0.3) is 0 Å². The van der Waals surface area contributed by atoms with E-state index in [1.165, 1.54) is 5.57 Å². The minimum Gasteiger partial charge on any atom is -0.598 e. The maximum Gasteiger partial charge on any atom is 0.192 e. The minimum atomic E-state index is -1.92. The highest BCUT2D eigenvalue weighted by atomic mass is 35.5. The van der Waals surface area contributed by atoms with Gasteiger partial charge in [0.1, 0.15) is 9.77 Å². The summed E-state index contributed by atoms with van der Waals surface area (Å²) >= 11 is 7.28. The molecule has 204 valence electrons. The van der Waals surface area contributed by atoms with Gasteiger partial charge in [0, 0.05) is 28.0 Å². The Kier molecular flexibility index (Phi) is 10.4. The first kappa shape index (κ1) is 30.7. The van der Waals surface area contributed by atoms with Crippen LogP contribution >= 0.6 is 23.4 Å². The zero-order chi connectivity index (χ0) is 27.4. The minimum absolute atomic E-state index is 0.127. The molecule has 37 heavy (non-hydrogen) atoms. The number of aromatic nitrogens is 1. The summed E-state index contributed by atoms with van der Waals surface area (Å²) in [6.45, 7) is 19.4. The van der Waals surface area contributed by atoms with Crippen molar-refractivity contribution in [1.82, 2.24) is 9.71 Å². The molecule has 3 rings (SSSR count). The molecule has 2 aromatic rings. The molecule has 1 N–H and O–H groups in total. The van der Waals surface area contributed by atoms with Crippen molar-refractivity contribution in [2.75, 3.05) is 13.2 Å². The monoisotopic (exact) mass is 580 g/mol. The molecule has 0 radical (unpaired) electrons. The Balaban J connectivity index is 1.94. The Hall–Kier alpha value is -0.843. The van der Waals surface area contributed by atoms with Crippen LogP contribution in [0.3, 0.4) is 0 Å². The lowest BCUT2D eigenvalue weighted by molar-refractivity contribution is 0.161. The fourth-order valence-electron chi connectivity index (χ4n) is 3.43. The van der Waals surface area contributed by atoms with Crippen molar-refractivity contribution in [3.05, 3.63) is 58.3 Å². The molecule has 0 spiro atoms. The summed E-state index contributed by atoms with van der Waals surface area (Å²) in [6, 6.07) is 8.21. The highest BCUT2D eigenvalue weighted by Crippen LogP contribution is 2.41. The normalized spacial score (nSPS) is 16.0. The van der Waals surface area contributed by atoms with Crippen molar-refractivity contribution in [1.29, 1.82) is 0 Å². The van der Waals surface area contributed by atoms with Crippen LogP contribution in [-0.2, 0) is 33.7 Å². The summed E-state index contributed by atoms with van der Waals surface area (Å²) in [5, 5.41) is 1.66. The predicted octanol–water partition coefficient (Wildman–Crippen LogP) is 7.76. The van der Waals surface area contributed by atoms with Gasteiger partial charge in [0.05, 0.1) is 31.4 Å². The Bertz CT molecular complexity index is 1110. The topological polar surface area (TPSA) is 66.4 Å². The maximum atomic E-state index is 12.8. The number of nitrogens with zero attached hydrogens (tertiary/aromatic N) is 1. The lowest BCUT2D eigenvalue weighted by Crippen LogP contribution is -2.40. The maximum absolute atomic E-state index is 12.8. The van der Waals surface area contributed by atoms with E-state index in [-0.39, 0.29) is 9.79 Å². The van der Waals surface area contributed by atoms with Gasteiger partial charge in [-0.3, -0.25) is 0 Å². The second-order valence-corrected chi connectivity index (χ2v) is 20.1. The van der Waals surface area contributed by atoms with E-state index in [4.69, 9.17) is 25.7 Å². The third-order valence-corrected chi connectivity index (χ3v) is 14.5. The van der Waals surface area contributed by atoms with Crippen LogP contribution in [0.15, 0.2) is 46.5 Å². The van der Waals surface area contributed by atoms with Gasteiger partial charge in [-0.25, -0.2) is 4.98 Å². The molecule has 0 amide bonds. The molecule has 1 aromatic carbocycles. The molecule has 1 unspecified atom stereocenters. The number of rotatable bonds is 9. The number of benzene rings is 1. The highest BCUT2D eigenvalue weighted by molar-refractivity contribution is 7.99. The SMILES string of the molecule is CC(C)(C)[S+]([O-])NCc1cc(C2=CCOCC2)cc(Cl)c1Sc1ncccc1CO[Si](C)(C)C(C)(C)C. The van der Waals surface area contributed by atoms with E-state index in [1.54, 1.807) is 18.0 Å². The lowest BCUT2D eigenvalue weighted by Gasteiger charge is -2.36. The van der Waals surface area contributed by atoms with Gasteiger partial charge in [-0.15, -0.1) is 4.72 Å². The van der Waals surface area contributed by atoms with E-state index in [1.807, 2.05) is 32.9 Å².